The van der Waals surface area contributed by atoms with Crippen molar-refractivity contribution in [2.45, 2.75) is 114 Å². The molecule has 12 aliphatic carbocycles. The number of aryl methyl sites for hydroxylation is 2. The van der Waals surface area contributed by atoms with E-state index in [0.29, 0.717) is 22.3 Å². The molecule has 0 saturated heterocycles. The van der Waals surface area contributed by atoms with Crippen LogP contribution in [0.2, 0.25) is 0 Å². The number of hydrogen-bond donors (Lipinski definition) is 0. The van der Waals surface area contributed by atoms with E-state index in [2.05, 4.69) is 345 Å². The van der Waals surface area contributed by atoms with Gasteiger partial charge in [0.15, 0.2) is 0 Å². The highest BCUT2D eigenvalue weighted by atomic mass is 14.9. The van der Waals surface area contributed by atoms with E-state index in [0.717, 1.165) is 89.4 Å². The van der Waals surface area contributed by atoms with Crippen molar-refractivity contribution in [2.75, 3.05) is 0 Å². The fraction of sp³-hybridized carbons (Fsp3) is 0.155. The Morgan fingerprint density at radius 1 is 0.254 bits per heavy atom. The molecule has 0 amide bonds. The van der Waals surface area contributed by atoms with Crippen molar-refractivity contribution in [3.63, 3.8) is 0 Å². The van der Waals surface area contributed by atoms with Gasteiger partial charge in [-0.3, -0.25) is 4.98 Å². The maximum atomic E-state index is 10.1. The molecule has 596 valence electrons. The van der Waals surface area contributed by atoms with Crippen LogP contribution in [-0.4, -0.2) is 39.9 Å². The van der Waals surface area contributed by atoms with E-state index in [9.17, 15) is 5.26 Å². The summed E-state index contributed by atoms with van der Waals surface area (Å²) in [6.07, 6.45) is 0. The zero-order valence-electron chi connectivity index (χ0n) is 71.0. The Morgan fingerprint density at radius 3 is 0.730 bits per heavy atom. The third-order valence-corrected chi connectivity index (χ3v) is 28.6. The van der Waals surface area contributed by atoms with Gasteiger partial charge in [-0.15, -0.1) is 0 Å². The van der Waals surface area contributed by atoms with Gasteiger partial charge in [0, 0.05) is 0 Å². The van der Waals surface area contributed by atoms with Crippen LogP contribution in [-0.2, 0) is 10.8 Å². The molecule has 0 spiro atoms. The summed E-state index contributed by atoms with van der Waals surface area (Å²) in [5.41, 5.74) is 43.4. The maximum Gasteiger partial charge on any atom is 0.222 e. The SMILES string of the molecule is CC(C)(C)c1c2ccccc2c(C(C)(C)C)c2nc3c(nc12)C1c2ccccc2C3c2ccccc21.Cc1c2ccccc2c(C)c2nc3c(nc12)C1c2ccccc2C3c2ccccc21.[C-]#[N+]c1c2ccccc2c(C#N)c2nc3c(nc12)C1c2ccccc2C3c2ccccc21.c1ccc2c(c1)C1c3ccccc3C2c2nc3cc4ccccc4cc3nc21. The van der Waals surface area contributed by atoms with Gasteiger partial charge in [-0.25, -0.2) is 39.7 Å². The smallest absolute Gasteiger partial charge is 0.222 e. The standard InChI is InChI=1S/C34H32N2.C28H14N4.C28H20N2.C26H16N2/c1-33(2,3)27-23-17-11-12-18-24(23)28(34(4,5)6)32-31(27)35-29-25-19-13-7-9-15-21(19)26(30(29)36-32)22-16-10-8-14-20(22)25;1-30-24-20-13-7-2-8-15(20)21(14-29)25-28(24)32-27-23-18-11-5-3-9-16(18)22(26(27)31-25)17-10-4-6-12-19(17)23;1-15-17-9-3-4-10-18(17)16(2)26-25(15)29-27-23-19-11-5-7-13-21(19)24(28(27)30-26)22-14-8-6-12-20(22)23;1-2-8-16-14-22-21(13-15(16)7-1)27-25-23-17-9-3-5-11-19(17)24(26(25)28-22)20-12-6-4-10-18(20)23/h7-18,25-26H,1-6H3;2-13,22-23H;3-14,23-24H,1-2H3;1-14,23-24H. The number of nitriles is 1. The lowest BCUT2D eigenvalue weighted by Crippen LogP contribution is -2.30. The van der Waals surface area contributed by atoms with Gasteiger partial charge in [-0.1, -0.05) is 333 Å². The second-order valence-electron chi connectivity index (χ2n) is 37.3. The Balaban J connectivity index is 0.0000000919. The second kappa shape index (κ2) is 27.2. The Hall–Kier alpha value is -15.1. The predicted octanol–water partition coefficient (Wildman–Crippen LogP) is 26.7. The molecule has 16 aromatic carbocycles. The topological polar surface area (TPSA) is 131 Å². The minimum absolute atomic E-state index is 0.0186. The zero-order valence-corrected chi connectivity index (χ0v) is 71.0. The average molecular weight is 1620 g/mol. The van der Waals surface area contributed by atoms with Crippen LogP contribution in [0, 0.1) is 31.8 Å². The molecule has 12 aliphatic rings. The van der Waals surface area contributed by atoms with Crippen LogP contribution in [0.3, 0.4) is 0 Å². The molecule has 4 heterocycles. The molecule has 10 heteroatoms. The Morgan fingerprint density at radius 2 is 0.468 bits per heavy atom. The molecule has 0 unspecified atom stereocenters. The van der Waals surface area contributed by atoms with Crippen molar-refractivity contribution in [3.8, 4) is 6.07 Å². The van der Waals surface area contributed by atoms with Gasteiger partial charge >= 0.3 is 0 Å². The van der Waals surface area contributed by atoms with Crippen LogP contribution in [0.25, 0.3) is 92.1 Å². The van der Waals surface area contributed by atoms with Gasteiger partial charge in [0.1, 0.15) is 6.07 Å². The molecule has 32 rings (SSSR count). The minimum Gasteiger partial charge on any atom is -0.260 e. The first kappa shape index (κ1) is 73.6. The molecule has 126 heavy (non-hydrogen) atoms. The Labute approximate surface area is 730 Å². The van der Waals surface area contributed by atoms with E-state index in [1.807, 2.05) is 24.3 Å². The first-order valence-electron chi connectivity index (χ1n) is 44.0. The number of benzene rings is 16. The van der Waals surface area contributed by atoms with Gasteiger partial charge in [-0.05, 0) is 191 Å². The maximum absolute atomic E-state index is 10.1. The quantitative estimate of drug-likeness (QED) is 0.108. The van der Waals surface area contributed by atoms with Gasteiger partial charge in [0.25, 0.3) is 0 Å². The van der Waals surface area contributed by atoms with E-state index in [1.54, 1.807) is 0 Å². The van der Waals surface area contributed by atoms with E-state index < -0.39 is 0 Å². The summed E-state index contributed by atoms with van der Waals surface area (Å²) in [4.78, 5) is 46.3. The number of rotatable bonds is 0. The second-order valence-corrected chi connectivity index (χ2v) is 37.3. The molecule has 0 saturated carbocycles. The van der Waals surface area contributed by atoms with Crippen molar-refractivity contribution < 1.29 is 0 Å². The van der Waals surface area contributed by atoms with Crippen LogP contribution in [0.15, 0.2) is 303 Å². The third-order valence-electron chi connectivity index (χ3n) is 28.6. The van der Waals surface area contributed by atoms with Gasteiger partial charge < -0.3 is 0 Å². The number of nitrogens with zero attached hydrogens (tertiary/aromatic N) is 10. The van der Waals surface area contributed by atoms with Crippen molar-refractivity contribution in [1.29, 1.82) is 5.26 Å². The molecule has 0 fully saturated rings. The molecular weight excluding hydrogens is 1530 g/mol. The van der Waals surface area contributed by atoms with Crippen molar-refractivity contribution in [1.82, 2.24) is 39.9 Å². The van der Waals surface area contributed by atoms with Crippen LogP contribution in [0.5, 0.6) is 0 Å². The highest BCUT2D eigenvalue weighted by Gasteiger charge is 2.49. The molecular formula is C116H82N10. The Bertz CT molecular complexity index is 7670. The molecule has 0 N–H and O–H groups in total. The first-order chi connectivity index (χ1) is 61.6. The molecule has 0 atom stereocenters. The van der Waals surface area contributed by atoms with Crippen molar-refractivity contribution >= 4 is 92.9 Å². The van der Waals surface area contributed by atoms with Crippen LogP contribution >= 0.6 is 0 Å². The molecule has 0 aliphatic heterocycles. The highest BCUT2D eigenvalue weighted by molar-refractivity contribution is 6.13. The lowest BCUT2D eigenvalue weighted by Gasteiger charge is -2.41. The molecule has 10 nitrogen and oxygen atoms in total. The highest BCUT2D eigenvalue weighted by Crippen LogP contribution is 2.61. The molecule has 8 bridgehead atoms. The van der Waals surface area contributed by atoms with Crippen LogP contribution < -0.4 is 0 Å². The lowest BCUT2D eigenvalue weighted by molar-refractivity contribution is 0.589. The van der Waals surface area contributed by atoms with Crippen molar-refractivity contribution in [2.24, 2.45) is 0 Å². The van der Waals surface area contributed by atoms with Crippen LogP contribution in [0.4, 0.5) is 5.69 Å². The van der Waals surface area contributed by atoms with Gasteiger partial charge in [-0.2, -0.15) is 5.26 Å². The average Bonchev–Trinajstić information content (AvgIpc) is 0.698. The molecule has 20 aromatic rings. The van der Waals surface area contributed by atoms with Gasteiger partial charge in [0.05, 0.1) is 149 Å². The predicted molar refractivity (Wildman–Crippen MR) is 505 cm³/mol. The summed E-state index contributed by atoms with van der Waals surface area (Å²) in [6, 6.07) is 110. The normalized spacial score (nSPS) is 18.1. The minimum atomic E-state index is -0.0688. The van der Waals surface area contributed by atoms with E-state index in [4.69, 9.17) is 46.4 Å². The third kappa shape index (κ3) is 10.4. The summed E-state index contributed by atoms with van der Waals surface area (Å²) >= 11 is 0. The first-order valence-corrected chi connectivity index (χ1v) is 44.0. The molecule has 0 radical (unpaired) electrons. The van der Waals surface area contributed by atoms with E-state index in [-0.39, 0.29) is 58.2 Å². The summed E-state index contributed by atoms with van der Waals surface area (Å²) in [5.74, 6) is 0.912. The fourth-order valence-corrected chi connectivity index (χ4v) is 23.5. The summed E-state index contributed by atoms with van der Waals surface area (Å²) in [5, 5.41) is 19.1. The number of fused-ring (bicyclic) bond motifs is 8. The largest absolute Gasteiger partial charge is 0.260 e. The monoisotopic (exact) mass is 1610 g/mol. The van der Waals surface area contributed by atoms with E-state index in [1.165, 1.54) is 144 Å². The summed E-state index contributed by atoms with van der Waals surface area (Å²) < 4.78 is 0. The lowest BCUT2D eigenvalue weighted by atomic mass is 9.64. The van der Waals surface area contributed by atoms with E-state index >= 15 is 0 Å². The van der Waals surface area contributed by atoms with Crippen LogP contribution in [0.1, 0.15) is 251 Å². The Kier molecular flexibility index (Phi) is 15.9. The number of aromatic nitrogens is 8. The summed E-state index contributed by atoms with van der Waals surface area (Å²) in [7, 11) is 0. The van der Waals surface area contributed by atoms with Gasteiger partial charge in [0.2, 0.25) is 5.69 Å². The fourth-order valence-electron chi connectivity index (χ4n) is 23.5. The molecule has 4 aromatic heterocycles. The van der Waals surface area contributed by atoms with Crippen molar-refractivity contribution in [3.05, 3.63) is 477 Å². The summed E-state index contributed by atoms with van der Waals surface area (Å²) in [6.45, 7) is 26.1. The zero-order chi connectivity index (χ0) is 84.6. The number of hydrogen-bond acceptors (Lipinski definition) is 9.